The van der Waals surface area contributed by atoms with E-state index in [0.29, 0.717) is 35.0 Å². The molecule has 0 aliphatic carbocycles. The Kier molecular flexibility index (Phi) is 5.18. The molecule has 0 saturated carbocycles. The molecule has 2 atom stereocenters. The number of carbonyl (C=O) groups excluding carboxylic acids is 5. The summed E-state index contributed by atoms with van der Waals surface area (Å²) in [6.45, 7) is -0.494. The molecule has 0 aromatic heterocycles. The van der Waals surface area contributed by atoms with E-state index in [1.807, 2.05) is 0 Å². The molecular formula is C15H13N3O6S2. The SMILES string of the molecule is COc1ccccc1NC(=O)CN1C(=O)S[C@H]([C@@H]2SC(=O)NC2=O)C1=O. The van der Waals surface area contributed by atoms with E-state index in [4.69, 9.17) is 4.74 Å². The summed E-state index contributed by atoms with van der Waals surface area (Å²) < 4.78 is 5.12. The first-order chi connectivity index (χ1) is 12.4. The van der Waals surface area contributed by atoms with Crippen molar-refractivity contribution in [1.29, 1.82) is 0 Å². The summed E-state index contributed by atoms with van der Waals surface area (Å²) in [4.78, 5) is 60.5. The molecule has 136 valence electrons. The highest BCUT2D eigenvalue weighted by Crippen LogP contribution is 2.36. The largest absolute Gasteiger partial charge is 0.495 e. The second kappa shape index (κ2) is 7.38. The zero-order chi connectivity index (χ0) is 18.8. The van der Waals surface area contributed by atoms with Crippen LogP contribution in [-0.2, 0) is 14.4 Å². The van der Waals surface area contributed by atoms with Gasteiger partial charge in [-0.05, 0) is 35.7 Å². The maximum Gasteiger partial charge on any atom is 0.289 e. The molecule has 2 saturated heterocycles. The number of anilines is 1. The van der Waals surface area contributed by atoms with Crippen molar-refractivity contribution < 1.29 is 28.7 Å². The lowest BCUT2D eigenvalue weighted by Crippen LogP contribution is -2.42. The van der Waals surface area contributed by atoms with Crippen LogP contribution < -0.4 is 15.4 Å². The number of nitrogens with one attached hydrogen (secondary N) is 2. The summed E-state index contributed by atoms with van der Waals surface area (Å²) >= 11 is 1.31. The van der Waals surface area contributed by atoms with Crippen LogP contribution in [0.15, 0.2) is 24.3 Å². The van der Waals surface area contributed by atoms with Gasteiger partial charge in [0.05, 0.1) is 12.8 Å². The number of para-hydroxylation sites is 2. The first-order valence-corrected chi connectivity index (χ1v) is 9.13. The number of rotatable bonds is 5. The highest BCUT2D eigenvalue weighted by Gasteiger charge is 2.50. The van der Waals surface area contributed by atoms with Gasteiger partial charge in [-0.1, -0.05) is 12.1 Å². The first kappa shape index (κ1) is 18.3. The van der Waals surface area contributed by atoms with Gasteiger partial charge in [0.25, 0.3) is 10.5 Å². The van der Waals surface area contributed by atoms with Gasteiger partial charge in [0, 0.05) is 0 Å². The van der Waals surface area contributed by atoms with E-state index in [1.165, 1.54) is 7.11 Å². The predicted molar refractivity (Wildman–Crippen MR) is 95.0 cm³/mol. The molecule has 5 amide bonds. The molecule has 2 heterocycles. The topological polar surface area (TPSA) is 122 Å². The van der Waals surface area contributed by atoms with Gasteiger partial charge in [0.2, 0.25) is 17.7 Å². The molecule has 2 aliphatic heterocycles. The fourth-order valence-electron chi connectivity index (χ4n) is 2.45. The number of carbonyl (C=O) groups is 5. The van der Waals surface area contributed by atoms with Crippen molar-refractivity contribution in [3.8, 4) is 5.75 Å². The Labute approximate surface area is 156 Å². The van der Waals surface area contributed by atoms with Crippen LogP contribution >= 0.6 is 23.5 Å². The molecule has 11 heteroatoms. The van der Waals surface area contributed by atoms with Crippen LogP contribution in [-0.4, -0.2) is 57.3 Å². The van der Waals surface area contributed by atoms with Crippen LogP contribution in [0.1, 0.15) is 0 Å². The first-order valence-electron chi connectivity index (χ1n) is 7.37. The third kappa shape index (κ3) is 3.53. The minimum Gasteiger partial charge on any atom is -0.495 e. The monoisotopic (exact) mass is 395 g/mol. The molecule has 2 fully saturated rings. The Bertz CT molecular complexity index is 814. The molecule has 0 unspecified atom stereocenters. The number of benzene rings is 1. The van der Waals surface area contributed by atoms with Crippen molar-refractivity contribution in [2.75, 3.05) is 19.0 Å². The molecule has 0 spiro atoms. The van der Waals surface area contributed by atoms with Gasteiger partial charge >= 0.3 is 0 Å². The van der Waals surface area contributed by atoms with Crippen LogP contribution in [0.2, 0.25) is 0 Å². The van der Waals surface area contributed by atoms with Crippen LogP contribution in [0, 0.1) is 0 Å². The zero-order valence-corrected chi connectivity index (χ0v) is 15.0. The summed E-state index contributed by atoms with van der Waals surface area (Å²) in [5.74, 6) is -1.43. The van der Waals surface area contributed by atoms with Crippen LogP contribution in [0.25, 0.3) is 0 Å². The molecule has 9 nitrogen and oxygen atoms in total. The lowest BCUT2D eigenvalue weighted by atomic mass is 10.2. The average molecular weight is 395 g/mol. The van der Waals surface area contributed by atoms with Gasteiger partial charge in [-0.2, -0.15) is 0 Å². The number of thioether (sulfide) groups is 2. The molecule has 0 bridgehead atoms. The molecule has 0 radical (unpaired) electrons. The van der Waals surface area contributed by atoms with Crippen LogP contribution in [0.3, 0.4) is 0 Å². The fourth-order valence-corrected chi connectivity index (χ4v) is 4.55. The number of hydrogen-bond acceptors (Lipinski definition) is 8. The van der Waals surface area contributed by atoms with Crippen LogP contribution in [0.4, 0.5) is 15.3 Å². The second-order valence-corrected chi connectivity index (χ2v) is 7.50. The number of ether oxygens (including phenoxy) is 1. The van der Waals surface area contributed by atoms with E-state index in [1.54, 1.807) is 24.3 Å². The minimum atomic E-state index is -1.03. The summed E-state index contributed by atoms with van der Waals surface area (Å²) in [5, 5.41) is 1.44. The van der Waals surface area contributed by atoms with Crippen molar-refractivity contribution in [3.05, 3.63) is 24.3 Å². The molecule has 2 aliphatic rings. The molecule has 1 aromatic rings. The Morgan fingerprint density at radius 2 is 1.92 bits per heavy atom. The van der Waals surface area contributed by atoms with Crippen molar-refractivity contribution >= 4 is 57.4 Å². The summed E-state index contributed by atoms with van der Waals surface area (Å²) in [5.41, 5.74) is 0.402. The van der Waals surface area contributed by atoms with Gasteiger partial charge in [0.1, 0.15) is 22.8 Å². The predicted octanol–water partition coefficient (Wildman–Crippen LogP) is 1.05. The standard InChI is InChI=1S/C15H13N3O6S2/c1-24-8-5-3-2-4-7(8)16-9(19)6-18-13(21)11(26-15(18)23)10-12(20)17-14(22)25-10/h2-5,10-11H,6H2,1H3,(H,16,19)(H,17,20,22)/t10-,11+/m0/s1. The van der Waals surface area contributed by atoms with E-state index >= 15 is 0 Å². The number of methoxy groups -OCH3 is 1. The van der Waals surface area contributed by atoms with Gasteiger partial charge in [-0.15, -0.1) is 0 Å². The second-order valence-electron chi connectivity index (χ2n) is 5.29. The van der Waals surface area contributed by atoms with Crippen molar-refractivity contribution in [2.45, 2.75) is 10.5 Å². The minimum absolute atomic E-state index is 0.402. The summed E-state index contributed by atoms with van der Waals surface area (Å²) in [6.07, 6.45) is 0. The number of hydrogen-bond donors (Lipinski definition) is 2. The molecule has 1 aromatic carbocycles. The third-order valence-corrected chi connectivity index (χ3v) is 6.01. The third-order valence-electron chi connectivity index (χ3n) is 3.63. The Morgan fingerprint density at radius 1 is 1.19 bits per heavy atom. The Balaban J connectivity index is 1.67. The molecule has 2 N–H and O–H groups in total. The quantitative estimate of drug-likeness (QED) is 0.759. The Hall–Kier alpha value is -2.53. The van der Waals surface area contributed by atoms with E-state index in [2.05, 4.69) is 10.6 Å². The number of imide groups is 2. The summed E-state index contributed by atoms with van der Waals surface area (Å²) in [6, 6.07) is 6.70. The summed E-state index contributed by atoms with van der Waals surface area (Å²) in [7, 11) is 1.45. The van der Waals surface area contributed by atoms with Crippen molar-refractivity contribution in [3.63, 3.8) is 0 Å². The van der Waals surface area contributed by atoms with Gasteiger partial charge in [-0.25, -0.2) is 0 Å². The number of nitrogens with zero attached hydrogens (tertiary/aromatic N) is 1. The zero-order valence-electron chi connectivity index (χ0n) is 13.4. The highest BCUT2D eigenvalue weighted by atomic mass is 32.2. The maximum absolute atomic E-state index is 12.4. The van der Waals surface area contributed by atoms with E-state index in [0.717, 1.165) is 4.90 Å². The van der Waals surface area contributed by atoms with Gasteiger partial charge < -0.3 is 10.1 Å². The van der Waals surface area contributed by atoms with Gasteiger partial charge in [-0.3, -0.25) is 34.2 Å². The van der Waals surface area contributed by atoms with Crippen molar-refractivity contribution in [2.24, 2.45) is 0 Å². The Morgan fingerprint density at radius 3 is 2.58 bits per heavy atom. The molecule has 3 rings (SSSR count). The van der Waals surface area contributed by atoms with E-state index in [-0.39, 0.29) is 0 Å². The maximum atomic E-state index is 12.4. The van der Waals surface area contributed by atoms with Crippen LogP contribution in [0.5, 0.6) is 5.75 Å². The number of amides is 5. The van der Waals surface area contributed by atoms with Gasteiger partial charge in [0.15, 0.2) is 0 Å². The average Bonchev–Trinajstić information content (AvgIpc) is 3.08. The van der Waals surface area contributed by atoms with Crippen molar-refractivity contribution in [1.82, 2.24) is 10.2 Å². The highest BCUT2D eigenvalue weighted by molar-refractivity contribution is 8.19. The van der Waals surface area contributed by atoms with E-state index < -0.39 is 45.2 Å². The fraction of sp³-hybridized carbons (Fsp3) is 0.267. The lowest BCUT2D eigenvalue weighted by Gasteiger charge is -2.15. The smallest absolute Gasteiger partial charge is 0.289 e. The lowest BCUT2D eigenvalue weighted by molar-refractivity contribution is -0.131. The molecular weight excluding hydrogens is 382 g/mol. The molecule has 26 heavy (non-hydrogen) atoms. The van der Waals surface area contributed by atoms with E-state index in [9.17, 15) is 24.0 Å². The normalized spacial score (nSPS) is 22.6.